The Morgan fingerprint density at radius 1 is 1.11 bits per heavy atom. The monoisotopic (exact) mass is 244 g/mol. The second-order valence-corrected chi connectivity index (χ2v) is 4.91. The lowest BCUT2D eigenvalue weighted by Gasteiger charge is -2.33. The van der Waals surface area contributed by atoms with Gasteiger partial charge in [0.05, 0.1) is 11.7 Å². The number of hydrogen-bond acceptors (Lipinski definition) is 3. The van der Waals surface area contributed by atoms with Crippen LogP contribution in [0.1, 0.15) is 12.5 Å². The number of likely N-dealkylation sites (N-methyl/N-ethyl adjacent to an activating group) is 1. The predicted molar refractivity (Wildman–Crippen MR) is 72.6 cm³/mol. The summed E-state index contributed by atoms with van der Waals surface area (Å²) in [5.74, 6) is 0. The molecule has 0 amide bonds. The van der Waals surface area contributed by atoms with Crippen LogP contribution in [0.4, 0.5) is 0 Å². The summed E-state index contributed by atoms with van der Waals surface area (Å²) in [5.41, 5.74) is 2.57. The molecule has 3 rings (SSSR count). The Kier molecular flexibility index (Phi) is 3.30. The molecule has 4 heteroatoms. The largest absolute Gasteiger partial charge is 0.301 e. The second kappa shape index (κ2) is 5.08. The second-order valence-electron chi connectivity index (χ2n) is 4.91. The molecule has 96 valence electrons. The fourth-order valence-corrected chi connectivity index (χ4v) is 2.61. The normalized spacial score (nSPS) is 18.5. The maximum absolute atomic E-state index is 4.39. The molecule has 0 bridgehead atoms. The van der Waals surface area contributed by atoms with Gasteiger partial charge < -0.3 is 4.90 Å². The molecular weight excluding hydrogens is 224 g/mol. The Labute approximate surface area is 108 Å². The van der Waals surface area contributed by atoms with E-state index in [2.05, 4.69) is 34.0 Å². The van der Waals surface area contributed by atoms with Crippen LogP contribution in [-0.2, 0) is 6.54 Å². The van der Waals surface area contributed by atoms with Gasteiger partial charge in [0.1, 0.15) is 0 Å². The van der Waals surface area contributed by atoms with E-state index in [0.29, 0.717) is 0 Å². The minimum absolute atomic E-state index is 1.02. The number of pyridine rings is 1. The van der Waals surface area contributed by atoms with E-state index in [-0.39, 0.29) is 0 Å². The van der Waals surface area contributed by atoms with Gasteiger partial charge in [-0.3, -0.25) is 4.90 Å². The minimum atomic E-state index is 1.02. The van der Waals surface area contributed by atoms with Crippen molar-refractivity contribution in [3.05, 3.63) is 36.2 Å². The molecule has 0 aromatic carbocycles. The van der Waals surface area contributed by atoms with Crippen LogP contribution in [0.2, 0.25) is 0 Å². The van der Waals surface area contributed by atoms with Crippen LogP contribution in [0.25, 0.3) is 5.52 Å². The molecule has 0 spiro atoms. The van der Waals surface area contributed by atoms with Crippen molar-refractivity contribution in [3.63, 3.8) is 0 Å². The molecule has 0 radical (unpaired) electrons. The third-order valence-corrected chi connectivity index (χ3v) is 3.81. The van der Waals surface area contributed by atoms with E-state index in [0.717, 1.165) is 19.6 Å². The van der Waals surface area contributed by atoms with E-state index >= 15 is 0 Å². The quantitative estimate of drug-likeness (QED) is 0.817. The first-order valence-electron chi connectivity index (χ1n) is 6.73. The van der Waals surface area contributed by atoms with Gasteiger partial charge in [0, 0.05) is 44.5 Å². The number of piperazine rings is 1. The zero-order valence-electron chi connectivity index (χ0n) is 10.9. The highest BCUT2D eigenvalue weighted by Gasteiger charge is 2.16. The van der Waals surface area contributed by atoms with Crippen molar-refractivity contribution < 1.29 is 0 Å². The van der Waals surface area contributed by atoms with Gasteiger partial charge in [-0.25, -0.2) is 4.52 Å². The van der Waals surface area contributed by atoms with Crippen LogP contribution in [0.15, 0.2) is 30.6 Å². The van der Waals surface area contributed by atoms with Crippen LogP contribution in [0, 0.1) is 0 Å². The third kappa shape index (κ3) is 2.26. The van der Waals surface area contributed by atoms with Gasteiger partial charge in [-0.1, -0.05) is 13.0 Å². The fourth-order valence-electron chi connectivity index (χ4n) is 2.61. The van der Waals surface area contributed by atoms with Crippen molar-refractivity contribution in [1.29, 1.82) is 0 Å². The van der Waals surface area contributed by atoms with Crippen LogP contribution in [0.5, 0.6) is 0 Å². The van der Waals surface area contributed by atoms with E-state index < -0.39 is 0 Å². The van der Waals surface area contributed by atoms with Crippen molar-refractivity contribution in [3.8, 4) is 0 Å². The van der Waals surface area contributed by atoms with Crippen molar-refractivity contribution in [2.45, 2.75) is 13.5 Å². The molecule has 0 N–H and O–H groups in total. The summed E-state index contributed by atoms with van der Waals surface area (Å²) in [6.07, 6.45) is 4.01. The standard InChI is InChI=1S/C14H20N4/c1-2-16-7-9-17(10-8-16)12-13-11-15-18-6-4-3-5-14(13)18/h3-6,11H,2,7-10,12H2,1H3. The Balaban J connectivity index is 1.70. The summed E-state index contributed by atoms with van der Waals surface area (Å²) in [6.45, 7) is 9.14. The molecule has 2 aromatic heterocycles. The van der Waals surface area contributed by atoms with Gasteiger partial charge in [-0.2, -0.15) is 5.10 Å². The predicted octanol–water partition coefficient (Wildman–Crippen LogP) is 1.47. The zero-order valence-corrected chi connectivity index (χ0v) is 10.9. The van der Waals surface area contributed by atoms with Crippen molar-refractivity contribution in [2.24, 2.45) is 0 Å². The topological polar surface area (TPSA) is 23.8 Å². The molecule has 1 aliphatic heterocycles. The molecule has 4 nitrogen and oxygen atoms in total. The molecule has 3 heterocycles. The Morgan fingerprint density at radius 2 is 1.89 bits per heavy atom. The molecule has 1 aliphatic rings. The SMILES string of the molecule is CCN1CCN(Cc2cnn3ccccc23)CC1. The van der Waals surface area contributed by atoms with Crippen molar-refractivity contribution in [1.82, 2.24) is 19.4 Å². The lowest BCUT2D eigenvalue weighted by molar-refractivity contribution is 0.132. The first-order valence-corrected chi connectivity index (χ1v) is 6.73. The van der Waals surface area contributed by atoms with E-state index in [9.17, 15) is 0 Å². The van der Waals surface area contributed by atoms with E-state index in [4.69, 9.17) is 0 Å². The average molecular weight is 244 g/mol. The fraction of sp³-hybridized carbons (Fsp3) is 0.500. The molecule has 0 unspecified atom stereocenters. The van der Waals surface area contributed by atoms with Gasteiger partial charge in [-0.15, -0.1) is 0 Å². The number of hydrogen-bond donors (Lipinski definition) is 0. The summed E-state index contributed by atoms with van der Waals surface area (Å²) in [5, 5.41) is 4.39. The highest BCUT2D eigenvalue weighted by atomic mass is 15.3. The first-order chi connectivity index (χ1) is 8.86. The number of fused-ring (bicyclic) bond motifs is 1. The lowest BCUT2D eigenvalue weighted by Crippen LogP contribution is -2.45. The number of rotatable bonds is 3. The van der Waals surface area contributed by atoms with Crippen molar-refractivity contribution in [2.75, 3.05) is 32.7 Å². The van der Waals surface area contributed by atoms with Crippen LogP contribution in [-0.4, -0.2) is 52.1 Å². The smallest absolute Gasteiger partial charge is 0.0706 e. The molecule has 1 saturated heterocycles. The van der Waals surface area contributed by atoms with E-state index in [1.807, 2.05) is 23.0 Å². The van der Waals surface area contributed by atoms with Crippen LogP contribution >= 0.6 is 0 Å². The summed E-state index contributed by atoms with van der Waals surface area (Å²) in [6, 6.07) is 6.24. The zero-order chi connectivity index (χ0) is 12.4. The van der Waals surface area contributed by atoms with Gasteiger partial charge in [0.15, 0.2) is 0 Å². The number of nitrogens with zero attached hydrogens (tertiary/aromatic N) is 4. The Hall–Kier alpha value is -1.39. The minimum Gasteiger partial charge on any atom is -0.301 e. The molecule has 2 aromatic rings. The molecule has 1 fully saturated rings. The Bertz CT molecular complexity index is 511. The molecule has 0 aliphatic carbocycles. The molecule has 18 heavy (non-hydrogen) atoms. The maximum Gasteiger partial charge on any atom is 0.0706 e. The van der Waals surface area contributed by atoms with Crippen LogP contribution in [0.3, 0.4) is 0 Å². The van der Waals surface area contributed by atoms with Crippen LogP contribution < -0.4 is 0 Å². The van der Waals surface area contributed by atoms with Gasteiger partial charge in [-0.05, 0) is 18.7 Å². The number of aromatic nitrogens is 2. The molecular formula is C14H20N4. The highest BCUT2D eigenvalue weighted by molar-refractivity contribution is 5.53. The first kappa shape index (κ1) is 11.7. The summed E-state index contributed by atoms with van der Waals surface area (Å²) < 4.78 is 1.96. The maximum atomic E-state index is 4.39. The van der Waals surface area contributed by atoms with E-state index in [1.165, 1.54) is 30.7 Å². The summed E-state index contributed by atoms with van der Waals surface area (Å²) >= 11 is 0. The van der Waals surface area contributed by atoms with Gasteiger partial charge in [0.2, 0.25) is 0 Å². The third-order valence-electron chi connectivity index (χ3n) is 3.81. The summed E-state index contributed by atoms with van der Waals surface area (Å²) in [7, 11) is 0. The molecule has 0 saturated carbocycles. The van der Waals surface area contributed by atoms with Crippen molar-refractivity contribution >= 4 is 5.52 Å². The Morgan fingerprint density at radius 3 is 2.67 bits per heavy atom. The molecule has 0 atom stereocenters. The average Bonchev–Trinajstić information content (AvgIpc) is 2.83. The lowest BCUT2D eigenvalue weighted by atomic mass is 10.2. The summed E-state index contributed by atoms with van der Waals surface area (Å²) in [4.78, 5) is 5.03. The van der Waals surface area contributed by atoms with Gasteiger partial charge in [0.25, 0.3) is 0 Å². The van der Waals surface area contributed by atoms with Gasteiger partial charge >= 0.3 is 0 Å². The highest BCUT2D eigenvalue weighted by Crippen LogP contribution is 2.14. The van der Waals surface area contributed by atoms with E-state index in [1.54, 1.807) is 0 Å².